The molecule has 2 saturated heterocycles. The summed E-state index contributed by atoms with van der Waals surface area (Å²) >= 11 is 0. The monoisotopic (exact) mass is 362 g/mol. The number of carbonyl (C=O) groups is 1. The van der Waals surface area contributed by atoms with Crippen LogP contribution in [0.4, 0.5) is 0 Å². The first kappa shape index (κ1) is 20.3. The number of imidazole rings is 1. The molecule has 0 aliphatic carbocycles. The minimum absolute atomic E-state index is 0. The SMILES string of the molecule is CCc1nccn1C1CCCN(C(=O)[C@H]2CCCCN2)C1.Cl.Cl. The highest BCUT2D eigenvalue weighted by Gasteiger charge is 2.30. The Balaban J connectivity index is 0.00000132. The van der Waals surface area contributed by atoms with Crippen LogP contribution in [0, 0.1) is 0 Å². The molecule has 0 bridgehead atoms. The van der Waals surface area contributed by atoms with Crippen LogP contribution in [-0.4, -0.2) is 46.0 Å². The van der Waals surface area contributed by atoms with Gasteiger partial charge >= 0.3 is 0 Å². The van der Waals surface area contributed by atoms with Crippen molar-refractivity contribution in [2.24, 2.45) is 0 Å². The second-order valence-corrected chi connectivity index (χ2v) is 6.19. The number of aryl methyl sites for hydroxylation is 1. The molecule has 1 aromatic rings. The van der Waals surface area contributed by atoms with Crippen molar-refractivity contribution in [2.75, 3.05) is 19.6 Å². The summed E-state index contributed by atoms with van der Waals surface area (Å²) in [6.45, 7) is 4.86. The number of amides is 1. The van der Waals surface area contributed by atoms with Crippen LogP contribution in [0.25, 0.3) is 0 Å². The van der Waals surface area contributed by atoms with Crippen LogP contribution in [0.2, 0.25) is 0 Å². The number of carbonyl (C=O) groups excluding carboxylic acids is 1. The van der Waals surface area contributed by atoms with Crippen LogP contribution in [0.3, 0.4) is 0 Å². The highest BCUT2D eigenvalue weighted by atomic mass is 35.5. The highest BCUT2D eigenvalue weighted by Crippen LogP contribution is 2.24. The third-order valence-electron chi connectivity index (χ3n) is 4.78. The Labute approximate surface area is 151 Å². The highest BCUT2D eigenvalue weighted by molar-refractivity contribution is 5.85. The quantitative estimate of drug-likeness (QED) is 0.898. The average Bonchev–Trinajstić information content (AvgIpc) is 3.04. The Morgan fingerprint density at radius 2 is 2.13 bits per heavy atom. The van der Waals surface area contributed by atoms with Crippen LogP contribution in [0.15, 0.2) is 12.4 Å². The molecule has 2 aliphatic heterocycles. The maximum absolute atomic E-state index is 12.7. The number of likely N-dealkylation sites (tertiary alicyclic amines) is 1. The fourth-order valence-corrected chi connectivity index (χ4v) is 3.62. The topological polar surface area (TPSA) is 50.2 Å². The molecule has 3 heterocycles. The van der Waals surface area contributed by atoms with Crippen LogP contribution >= 0.6 is 24.8 Å². The first-order valence-corrected chi connectivity index (χ1v) is 8.33. The molecule has 2 atom stereocenters. The van der Waals surface area contributed by atoms with Gasteiger partial charge in [-0.2, -0.15) is 0 Å². The minimum atomic E-state index is 0. The number of piperidine rings is 2. The van der Waals surface area contributed by atoms with E-state index in [0.717, 1.165) is 51.1 Å². The molecule has 2 aliphatic rings. The summed E-state index contributed by atoms with van der Waals surface area (Å²) in [4.78, 5) is 19.1. The molecule has 0 spiro atoms. The molecule has 5 nitrogen and oxygen atoms in total. The Morgan fingerprint density at radius 1 is 1.30 bits per heavy atom. The third kappa shape index (κ3) is 4.61. The van der Waals surface area contributed by atoms with Crippen molar-refractivity contribution in [2.45, 2.75) is 57.5 Å². The van der Waals surface area contributed by atoms with Crippen molar-refractivity contribution in [3.8, 4) is 0 Å². The number of hydrogen-bond donors (Lipinski definition) is 1. The molecule has 0 saturated carbocycles. The summed E-state index contributed by atoms with van der Waals surface area (Å²) in [6, 6.07) is 0.440. The lowest BCUT2D eigenvalue weighted by molar-refractivity contribution is -0.135. The Kier molecular flexibility index (Phi) is 8.37. The summed E-state index contributed by atoms with van der Waals surface area (Å²) in [6.07, 6.45) is 10.5. The van der Waals surface area contributed by atoms with E-state index in [1.165, 1.54) is 12.8 Å². The molecule has 3 rings (SSSR count). The van der Waals surface area contributed by atoms with Gasteiger partial charge in [-0.15, -0.1) is 24.8 Å². The van der Waals surface area contributed by atoms with Crippen molar-refractivity contribution in [1.29, 1.82) is 0 Å². The Morgan fingerprint density at radius 3 is 2.83 bits per heavy atom. The Bertz CT molecular complexity index is 488. The summed E-state index contributed by atoms with van der Waals surface area (Å²) < 4.78 is 2.27. The molecule has 0 aromatic carbocycles. The largest absolute Gasteiger partial charge is 0.339 e. The lowest BCUT2D eigenvalue weighted by Gasteiger charge is -2.37. The van der Waals surface area contributed by atoms with E-state index < -0.39 is 0 Å². The standard InChI is InChI=1S/C16H26N4O.2ClH/c1-2-15-18-9-11-20(15)13-6-5-10-19(12-13)16(21)14-7-3-4-8-17-14;;/h9,11,13-14,17H,2-8,10,12H2,1H3;2*1H/t13?,14-;;/m1../s1. The van der Waals surface area contributed by atoms with Crippen molar-refractivity contribution in [3.05, 3.63) is 18.2 Å². The molecular formula is C16H28Cl2N4O. The van der Waals surface area contributed by atoms with E-state index in [2.05, 4.69) is 32.9 Å². The van der Waals surface area contributed by atoms with Crippen molar-refractivity contribution in [3.63, 3.8) is 0 Å². The molecule has 132 valence electrons. The fraction of sp³-hybridized carbons (Fsp3) is 0.750. The van der Waals surface area contributed by atoms with Gasteiger partial charge in [-0.1, -0.05) is 13.3 Å². The van der Waals surface area contributed by atoms with Gasteiger partial charge in [-0.05, 0) is 32.2 Å². The van der Waals surface area contributed by atoms with Gasteiger partial charge in [0.2, 0.25) is 5.91 Å². The first-order chi connectivity index (χ1) is 10.3. The normalized spacial score (nSPS) is 24.5. The van der Waals surface area contributed by atoms with E-state index in [0.29, 0.717) is 11.9 Å². The van der Waals surface area contributed by atoms with Crippen molar-refractivity contribution in [1.82, 2.24) is 19.8 Å². The number of hydrogen-bond acceptors (Lipinski definition) is 3. The molecule has 1 unspecified atom stereocenters. The van der Waals surface area contributed by atoms with E-state index in [9.17, 15) is 4.79 Å². The van der Waals surface area contributed by atoms with Gasteiger partial charge in [0.15, 0.2) is 0 Å². The second-order valence-electron chi connectivity index (χ2n) is 6.19. The van der Waals surface area contributed by atoms with Crippen LogP contribution < -0.4 is 5.32 Å². The molecule has 1 amide bonds. The molecule has 1 aromatic heterocycles. The van der Waals surface area contributed by atoms with Gasteiger partial charge in [0, 0.05) is 31.9 Å². The van der Waals surface area contributed by atoms with Crippen molar-refractivity contribution < 1.29 is 4.79 Å². The zero-order valence-electron chi connectivity index (χ0n) is 13.7. The molecule has 0 radical (unpaired) electrons. The van der Waals surface area contributed by atoms with Gasteiger partial charge in [0.1, 0.15) is 5.82 Å². The van der Waals surface area contributed by atoms with Crippen molar-refractivity contribution >= 4 is 30.7 Å². The lowest BCUT2D eigenvalue weighted by Crippen LogP contribution is -2.51. The van der Waals surface area contributed by atoms with Gasteiger partial charge in [-0.25, -0.2) is 4.98 Å². The van der Waals surface area contributed by atoms with E-state index in [4.69, 9.17) is 0 Å². The Hall–Kier alpha value is -0.780. The number of rotatable bonds is 3. The van der Waals surface area contributed by atoms with Crippen LogP contribution in [0.5, 0.6) is 0 Å². The summed E-state index contributed by atoms with van der Waals surface area (Å²) in [5.74, 6) is 1.43. The third-order valence-corrected chi connectivity index (χ3v) is 4.78. The summed E-state index contributed by atoms with van der Waals surface area (Å²) in [5.41, 5.74) is 0. The zero-order valence-corrected chi connectivity index (χ0v) is 15.4. The van der Waals surface area contributed by atoms with Gasteiger partial charge in [-0.3, -0.25) is 4.79 Å². The molecular weight excluding hydrogens is 335 g/mol. The van der Waals surface area contributed by atoms with E-state index in [1.807, 2.05) is 6.20 Å². The van der Waals surface area contributed by atoms with Gasteiger partial charge in [0.25, 0.3) is 0 Å². The van der Waals surface area contributed by atoms with E-state index >= 15 is 0 Å². The number of nitrogens with one attached hydrogen (secondary N) is 1. The molecule has 7 heteroatoms. The maximum Gasteiger partial charge on any atom is 0.239 e. The van der Waals surface area contributed by atoms with E-state index in [1.54, 1.807) is 0 Å². The molecule has 2 fully saturated rings. The summed E-state index contributed by atoms with van der Waals surface area (Å²) in [5, 5.41) is 3.38. The maximum atomic E-state index is 12.7. The predicted octanol–water partition coefficient (Wildman–Crippen LogP) is 2.59. The number of nitrogens with zero attached hydrogens (tertiary/aromatic N) is 3. The second kappa shape index (κ2) is 9.50. The number of halogens is 2. The molecule has 1 N–H and O–H groups in total. The van der Waals surface area contributed by atoms with Gasteiger partial charge in [0.05, 0.1) is 12.1 Å². The minimum Gasteiger partial charge on any atom is -0.339 e. The average molecular weight is 363 g/mol. The predicted molar refractivity (Wildman–Crippen MR) is 96.6 cm³/mol. The summed E-state index contributed by atoms with van der Waals surface area (Å²) in [7, 11) is 0. The first-order valence-electron chi connectivity index (χ1n) is 8.33. The number of aromatic nitrogens is 2. The smallest absolute Gasteiger partial charge is 0.239 e. The molecule has 23 heavy (non-hydrogen) atoms. The fourth-order valence-electron chi connectivity index (χ4n) is 3.62. The lowest BCUT2D eigenvalue weighted by atomic mass is 10.0. The zero-order chi connectivity index (χ0) is 14.7. The van der Waals surface area contributed by atoms with Crippen LogP contribution in [-0.2, 0) is 11.2 Å². The van der Waals surface area contributed by atoms with E-state index in [-0.39, 0.29) is 30.9 Å². The van der Waals surface area contributed by atoms with Gasteiger partial charge < -0.3 is 14.8 Å². The van der Waals surface area contributed by atoms with Crippen LogP contribution in [0.1, 0.15) is 50.9 Å².